The lowest BCUT2D eigenvalue weighted by atomic mass is 10.2. The van der Waals surface area contributed by atoms with Gasteiger partial charge in [-0.15, -0.1) is 0 Å². The Kier molecular flexibility index (Phi) is 6.03. The molecular weight excluding hydrogens is 282 g/mol. The number of methoxy groups -OCH3 is 2. The first kappa shape index (κ1) is 16.6. The van der Waals surface area contributed by atoms with Crippen molar-refractivity contribution in [3.8, 4) is 11.5 Å². The number of ether oxygens (including phenoxy) is 2. The molecule has 2 rings (SSSR count). The first-order valence-electron chi connectivity index (χ1n) is 7.55. The number of likely N-dealkylation sites (N-methyl/N-ethyl adjacent to an activating group) is 1. The lowest BCUT2D eigenvalue weighted by Crippen LogP contribution is -2.46. The summed E-state index contributed by atoms with van der Waals surface area (Å²) in [6.07, 6.45) is 0. The predicted octanol–water partition coefficient (Wildman–Crippen LogP) is 0.681. The van der Waals surface area contributed by atoms with Gasteiger partial charge in [0.25, 0.3) is 5.91 Å². The topological polar surface area (TPSA) is 54.0 Å². The van der Waals surface area contributed by atoms with Gasteiger partial charge in [-0.05, 0) is 25.2 Å². The van der Waals surface area contributed by atoms with Crippen LogP contribution in [0.4, 0.5) is 0 Å². The van der Waals surface area contributed by atoms with Gasteiger partial charge < -0.3 is 19.7 Å². The van der Waals surface area contributed by atoms with Crippen molar-refractivity contribution in [2.24, 2.45) is 0 Å². The maximum absolute atomic E-state index is 12.2. The number of benzene rings is 1. The van der Waals surface area contributed by atoms with Crippen molar-refractivity contribution in [3.63, 3.8) is 0 Å². The van der Waals surface area contributed by atoms with E-state index in [1.807, 2.05) is 0 Å². The Balaban J connectivity index is 1.82. The maximum atomic E-state index is 12.2. The molecule has 1 aliphatic rings. The highest BCUT2D eigenvalue weighted by Crippen LogP contribution is 2.27. The first-order chi connectivity index (χ1) is 10.6. The van der Waals surface area contributed by atoms with E-state index in [0.717, 1.165) is 32.7 Å². The molecule has 0 atom stereocenters. The molecule has 0 bridgehead atoms. The number of hydrogen-bond donors (Lipinski definition) is 1. The van der Waals surface area contributed by atoms with Gasteiger partial charge in [0.15, 0.2) is 11.5 Å². The molecule has 0 saturated carbocycles. The molecule has 0 aromatic heterocycles. The molecule has 1 fully saturated rings. The van der Waals surface area contributed by atoms with E-state index >= 15 is 0 Å². The van der Waals surface area contributed by atoms with Crippen molar-refractivity contribution < 1.29 is 14.3 Å². The van der Waals surface area contributed by atoms with E-state index < -0.39 is 0 Å². The van der Waals surface area contributed by atoms with Crippen LogP contribution in [0.15, 0.2) is 18.2 Å². The van der Waals surface area contributed by atoms with E-state index in [1.165, 1.54) is 0 Å². The van der Waals surface area contributed by atoms with Gasteiger partial charge in [-0.2, -0.15) is 0 Å². The number of nitrogens with one attached hydrogen (secondary N) is 1. The monoisotopic (exact) mass is 307 g/mol. The third-order valence-electron chi connectivity index (χ3n) is 3.96. The highest BCUT2D eigenvalue weighted by molar-refractivity contribution is 5.94. The van der Waals surface area contributed by atoms with Crippen LogP contribution in [0.2, 0.25) is 0 Å². The minimum absolute atomic E-state index is 0.0879. The number of piperazine rings is 1. The van der Waals surface area contributed by atoms with Crippen molar-refractivity contribution >= 4 is 5.91 Å². The second-order valence-corrected chi connectivity index (χ2v) is 5.47. The summed E-state index contributed by atoms with van der Waals surface area (Å²) in [5.74, 6) is 1.10. The van der Waals surface area contributed by atoms with Crippen molar-refractivity contribution in [1.29, 1.82) is 0 Å². The number of rotatable bonds is 6. The Labute approximate surface area is 132 Å². The average molecular weight is 307 g/mol. The normalized spacial score (nSPS) is 16.3. The molecule has 6 nitrogen and oxygen atoms in total. The fourth-order valence-corrected chi connectivity index (χ4v) is 2.48. The van der Waals surface area contributed by atoms with E-state index in [1.54, 1.807) is 32.4 Å². The molecule has 0 aliphatic carbocycles. The molecule has 122 valence electrons. The molecule has 0 spiro atoms. The Bertz CT molecular complexity index is 499. The van der Waals surface area contributed by atoms with Crippen molar-refractivity contribution in [2.45, 2.75) is 0 Å². The zero-order chi connectivity index (χ0) is 15.9. The zero-order valence-electron chi connectivity index (χ0n) is 13.6. The van der Waals surface area contributed by atoms with E-state index in [9.17, 15) is 4.79 Å². The molecule has 1 amide bonds. The van der Waals surface area contributed by atoms with Crippen LogP contribution >= 0.6 is 0 Å². The fraction of sp³-hybridized carbons (Fsp3) is 0.562. The van der Waals surface area contributed by atoms with Gasteiger partial charge in [0.05, 0.1) is 14.2 Å². The number of amides is 1. The summed E-state index contributed by atoms with van der Waals surface area (Å²) < 4.78 is 10.4. The summed E-state index contributed by atoms with van der Waals surface area (Å²) in [4.78, 5) is 16.9. The number of carbonyl (C=O) groups is 1. The molecule has 1 aromatic carbocycles. The van der Waals surface area contributed by atoms with Crippen LogP contribution in [0.25, 0.3) is 0 Å². The van der Waals surface area contributed by atoms with Crippen LogP contribution in [-0.2, 0) is 0 Å². The largest absolute Gasteiger partial charge is 0.493 e. The second-order valence-electron chi connectivity index (χ2n) is 5.47. The highest BCUT2D eigenvalue weighted by atomic mass is 16.5. The van der Waals surface area contributed by atoms with E-state index in [-0.39, 0.29) is 5.91 Å². The Morgan fingerprint density at radius 1 is 1.14 bits per heavy atom. The summed E-state index contributed by atoms with van der Waals surface area (Å²) in [7, 11) is 5.27. The smallest absolute Gasteiger partial charge is 0.251 e. The minimum atomic E-state index is -0.0879. The van der Waals surface area contributed by atoms with Crippen LogP contribution in [0.1, 0.15) is 10.4 Å². The molecule has 0 unspecified atom stereocenters. The van der Waals surface area contributed by atoms with Crippen LogP contribution in [-0.4, -0.2) is 76.2 Å². The number of carbonyl (C=O) groups excluding carboxylic acids is 1. The SMILES string of the molecule is COc1ccc(C(=O)NCCN2CCN(C)CC2)cc1OC. The molecule has 1 aromatic rings. The van der Waals surface area contributed by atoms with E-state index in [2.05, 4.69) is 22.2 Å². The fourth-order valence-electron chi connectivity index (χ4n) is 2.48. The minimum Gasteiger partial charge on any atom is -0.493 e. The van der Waals surface area contributed by atoms with Gasteiger partial charge in [-0.3, -0.25) is 9.69 Å². The van der Waals surface area contributed by atoms with Crippen LogP contribution in [0, 0.1) is 0 Å². The molecular formula is C16H25N3O3. The molecule has 0 radical (unpaired) electrons. The molecule has 1 heterocycles. The first-order valence-corrected chi connectivity index (χ1v) is 7.55. The lowest BCUT2D eigenvalue weighted by Gasteiger charge is -2.32. The van der Waals surface area contributed by atoms with Crippen LogP contribution < -0.4 is 14.8 Å². The summed E-state index contributed by atoms with van der Waals surface area (Å²) in [6.45, 7) is 5.82. The van der Waals surface area contributed by atoms with Gasteiger partial charge in [0, 0.05) is 44.8 Å². The summed E-state index contributed by atoms with van der Waals surface area (Å²) in [5, 5.41) is 2.96. The van der Waals surface area contributed by atoms with Crippen LogP contribution in [0.5, 0.6) is 11.5 Å². The Hall–Kier alpha value is -1.79. The van der Waals surface area contributed by atoms with Gasteiger partial charge in [-0.25, -0.2) is 0 Å². The molecule has 22 heavy (non-hydrogen) atoms. The van der Waals surface area contributed by atoms with Gasteiger partial charge in [-0.1, -0.05) is 0 Å². The third kappa shape index (κ3) is 4.35. The highest BCUT2D eigenvalue weighted by Gasteiger charge is 2.14. The Morgan fingerprint density at radius 3 is 2.45 bits per heavy atom. The summed E-state index contributed by atoms with van der Waals surface area (Å²) in [5.41, 5.74) is 0.580. The van der Waals surface area contributed by atoms with Gasteiger partial charge in [0.1, 0.15) is 0 Å². The van der Waals surface area contributed by atoms with E-state index in [0.29, 0.717) is 23.6 Å². The van der Waals surface area contributed by atoms with Crippen LogP contribution in [0.3, 0.4) is 0 Å². The number of hydrogen-bond acceptors (Lipinski definition) is 5. The lowest BCUT2D eigenvalue weighted by molar-refractivity contribution is 0.0940. The average Bonchev–Trinajstić information content (AvgIpc) is 2.55. The van der Waals surface area contributed by atoms with Crippen molar-refractivity contribution in [1.82, 2.24) is 15.1 Å². The third-order valence-corrected chi connectivity index (χ3v) is 3.96. The van der Waals surface area contributed by atoms with Crippen molar-refractivity contribution in [2.75, 3.05) is 60.5 Å². The molecule has 1 saturated heterocycles. The molecule has 1 aliphatic heterocycles. The maximum Gasteiger partial charge on any atom is 0.251 e. The van der Waals surface area contributed by atoms with E-state index in [4.69, 9.17) is 9.47 Å². The quantitative estimate of drug-likeness (QED) is 0.838. The summed E-state index contributed by atoms with van der Waals surface area (Å²) >= 11 is 0. The second kappa shape index (κ2) is 8.00. The molecule has 6 heteroatoms. The van der Waals surface area contributed by atoms with Gasteiger partial charge in [0.2, 0.25) is 0 Å². The summed E-state index contributed by atoms with van der Waals surface area (Å²) in [6, 6.07) is 5.19. The zero-order valence-corrected chi connectivity index (χ0v) is 13.6. The molecule has 1 N–H and O–H groups in total. The standard InChI is InChI=1S/C16H25N3O3/c1-18-8-10-19(11-9-18)7-6-17-16(20)13-4-5-14(21-2)15(12-13)22-3/h4-5,12H,6-11H2,1-3H3,(H,17,20). The van der Waals surface area contributed by atoms with Gasteiger partial charge >= 0.3 is 0 Å². The number of nitrogens with zero attached hydrogens (tertiary/aromatic N) is 2. The van der Waals surface area contributed by atoms with Crippen molar-refractivity contribution in [3.05, 3.63) is 23.8 Å². The predicted molar refractivity (Wildman–Crippen MR) is 85.8 cm³/mol. The Morgan fingerprint density at radius 2 is 1.82 bits per heavy atom.